The molecule has 0 bridgehead atoms. The summed E-state index contributed by atoms with van der Waals surface area (Å²) in [6.45, 7) is 2.39. The van der Waals surface area contributed by atoms with E-state index in [2.05, 4.69) is 5.32 Å². The standard InChI is InChI=1S/C28H21FN2O3/c1-2-34-22-16-14-21(15-17-22)31-27(32)25(19-10-12-20(29)13-11-19)26(28(31)33)30-24-9-5-7-18-6-3-4-8-23(18)24/h3-17,30H,2H2,1H3. The number of halogens is 1. The summed E-state index contributed by atoms with van der Waals surface area (Å²) in [6, 6.07) is 25.8. The van der Waals surface area contributed by atoms with E-state index in [4.69, 9.17) is 4.74 Å². The van der Waals surface area contributed by atoms with Crippen molar-refractivity contribution in [2.45, 2.75) is 6.92 Å². The Hall–Kier alpha value is -4.45. The zero-order chi connectivity index (χ0) is 23.7. The van der Waals surface area contributed by atoms with Crippen LogP contribution < -0.4 is 15.0 Å². The van der Waals surface area contributed by atoms with Gasteiger partial charge in [0.1, 0.15) is 17.3 Å². The van der Waals surface area contributed by atoms with Crippen molar-refractivity contribution in [3.05, 3.63) is 108 Å². The molecule has 168 valence electrons. The Morgan fingerprint density at radius 2 is 1.53 bits per heavy atom. The van der Waals surface area contributed by atoms with Gasteiger partial charge in [0.05, 0.1) is 17.9 Å². The van der Waals surface area contributed by atoms with Crippen LogP contribution in [-0.2, 0) is 9.59 Å². The molecule has 5 rings (SSSR count). The number of carbonyl (C=O) groups excluding carboxylic acids is 2. The van der Waals surface area contributed by atoms with Crippen LogP contribution in [-0.4, -0.2) is 18.4 Å². The molecule has 0 saturated heterocycles. The lowest BCUT2D eigenvalue weighted by Crippen LogP contribution is -2.32. The molecule has 0 spiro atoms. The molecule has 5 nitrogen and oxygen atoms in total. The first kappa shape index (κ1) is 21.4. The van der Waals surface area contributed by atoms with Crippen LogP contribution >= 0.6 is 0 Å². The van der Waals surface area contributed by atoms with Gasteiger partial charge in [-0.15, -0.1) is 0 Å². The molecule has 0 atom stereocenters. The van der Waals surface area contributed by atoms with Gasteiger partial charge in [-0.05, 0) is 60.3 Å². The predicted octanol–water partition coefficient (Wildman–Crippen LogP) is 5.77. The molecule has 0 radical (unpaired) electrons. The summed E-state index contributed by atoms with van der Waals surface area (Å²) in [4.78, 5) is 28.3. The number of nitrogens with one attached hydrogen (secondary N) is 1. The molecule has 0 saturated carbocycles. The first-order valence-corrected chi connectivity index (χ1v) is 10.9. The second-order valence-electron chi connectivity index (χ2n) is 7.78. The average molecular weight is 452 g/mol. The number of benzene rings is 4. The van der Waals surface area contributed by atoms with Crippen LogP contribution in [0.25, 0.3) is 16.3 Å². The van der Waals surface area contributed by atoms with E-state index in [0.717, 1.165) is 15.7 Å². The molecular formula is C28H21FN2O3. The zero-order valence-corrected chi connectivity index (χ0v) is 18.4. The number of imide groups is 1. The quantitative estimate of drug-likeness (QED) is 0.377. The third-order valence-corrected chi connectivity index (χ3v) is 5.67. The van der Waals surface area contributed by atoms with E-state index in [0.29, 0.717) is 29.3 Å². The van der Waals surface area contributed by atoms with E-state index >= 15 is 0 Å². The van der Waals surface area contributed by atoms with Crippen molar-refractivity contribution < 1.29 is 18.7 Å². The molecular weight excluding hydrogens is 431 g/mol. The molecule has 0 unspecified atom stereocenters. The SMILES string of the molecule is CCOc1ccc(N2C(=O)C(Nc3cccc4ccccc34)=C(c3ccc(F)cc3)C2=O)cc1. The van der Waals surface area contributed by atoms with Gasteiger partial charge in [0.2, 0.25) is 0 Å². The number of ether oxygens (including phenoxy) is 1. The van der Waals surface area contributed by atoms with Crippen molar-refractivity contribution in [2.75, 3.05) is 16.8 Å². The van der Waals surface area contributed by atoms with Gasteiger partial charge in [-0.1, -0.05) is 48.5 Å². The monoisotopic (exact) mass is 452 g/mol. The normalized spacial score (nSPS) is 13.6. The number of carbonyl (C=O) groups is 2. The van der Waals surface area contributed by atoms with Crippen molar-refractivity contribution in [1.82, 2.24) is 0 Å². The van der Waals surface area contributed by atoms with Gasteiger partial charge in [0, 0.05) is 11.1 Å². The summed E-state index contributed by atoms with van der Waals surface area (Å²) >= 11 is 0. The Morgan fingerprint density at radius 3 is 2.26 bits per heavy atom. The molecule has 34 heavy (non-hydrogen) atoms. The maximum Gasteiger partial charge on any atom is 0.282 e. The van der Waals surface area contributed by atoms with E-state index in [1.807, 2.05) is 49.4 Å². The number of hydrogen-bond acceptors (Lipinski definition) is 4. The Bertz CT molecular complexity index is 1420. The molecule has 1 heterocycles. The highest BCUT2D eigenvalue weighted by molar-refractivity contribution is 6.46. The molecule has 2 amide bonds. The van der Waals surface area contributed by atoms with Gasteiger partial charge < -0.3 is 10.1 Å². The smallest absolute Gasteiger partial charge is 0.282 e. The number of amides is 2. The van der Waals surface area contributed by atoms with Crippen LogP contribution in [0.3, 0.4) is 0 Å². The Kier molecular flexibility index (Phi) is 5.55. The van der Waals surface area contributed by atoms with Gasteiger partial charge in [-0.3, -0.25) is 9.59 Å². The van der Waals surface area contributed by atoms with Crippen molar-refractivity contribution >= 4 is 39.5 Å². The Balaban J connectivity index is 1.61. The summed E-state index contributed by atoms with van der Waals surface area (Å²) in [5.41, 5.74) is 1.90. The Morgan fingerprint density at radius 1 is 0.824 bits per heavy atom. The van der Waals surface area contributed by atoms with Crippen LogP contribution in [0.2, 0.25) is 0 Å². The van der Waals surface area contributed by atoms with E-state index in [-0.39, 0.29) is 11.3 Å². The fourth-order valence-corrected chi connectivity index (χ4v) is 4.09. The first-order chi connectivity index (χ1) is 16.6. The predicted molar refractivity (Wildman–Crippen MR) is 131 cm³/mol. The lowest BCUT2D eigenvalue weighted by molar-refractivity contribution is -0.120. The molecule has 1 aliphatic rings. The zero-order valence-electron chi connectivity index (χ0n) is 18.4. The lowest BCUT2D eigenvalue weighted by atomic mass is 10.0. The molecule has 0 aromatic heterocycles. The van der Waals surface area contributed by atoms with Crippen LogP contribution in [0.5, 0.6) is 5.75 Å². The third kappa shape index (κ3) is 3.79. The molecule has 1 aliphatic heterocycles. The summed E-state index contributed by atoms with van der Waals surface area (Å²) in [5.74, 6) is -0.746. The summed E-state index contributed by atoms with van der Waals surface area (Å²) in [5, 5.41) is 5.12. The molecule has 4 aromatic rings. The fourth-order valence-electron chi connectivity index (χ4n) is 4.09. The molecule has 0 fully saturated rings. The van der Waals surface area contributed by atoms with Gasteiger partial charge in [0.25, 0.3) is 11.8 Å². The topological polar surface area (TPSA) is 58.6 Å². The highest BCUT2D eigenvalue weighted by atomic mass is 19.1. The first-order valence-electron chi connectivity index (χ1n) is 10.9. The van der Waals surface area contributed by atoms with Crippen molar-refractivity contribution in [3.63, 3.8) is 0 Å². The summed E-state index contributed by atoms with van der Waals surface area (Å²) in [7, 11) is 0. The van der Waals surface area contributed by atoms with E-state index in [1.54, 1.807) is 24.3 Å². The number of fused-ring (bicyclic) bond motifs is 1. The number of nitrogens with zero attached hydrogens (tertiary/aromatic N) is 1. The maximum absolute atomic E-state index is 13.6. The number of hydrogen-bond donors (Lipinski definition) is 1. The number of rotatable bonds is 6. The molecule has 1 N–H and O–H groups in total. The van der Waals surface area contributed by atoms with Crippen LogP contribution in [0.15, 0.2) is 96.7 Å². The molecule has 0 aliphatic carbocycles. The molecule has 6 heteroatoms. The molecule has 4 aromatic carbocycles. The van der Waals surface area contributed by atoms with Crippen LogP contribution in [0.1, 0.15) is 12.5 Å². The van der Waals surface area contributed by atoms with Gasteiger partial charge in [-0.25, -0.2) is 9.29 Å². The van der Waals surface area contributed by atoms with Crippen molar-refractivity contribution in [1.29, 1.82) is 0 Å². The van der Waals surface area contributed by atoms with Crippen molar-refractivity contribution in [2.24, 2.45) is 0 Å². The van der Waals surface area contributed by atoms with Gasteiger partial charge in [-0.2, -0.15) is 0 Å². The second kappa shape index (κ2) is 8.83. The van der Waals surface area contributed by atoms with Crippen molar-refractivity contribution in [3.8, 4) is 5.75 Å². The average Bonchev–Trinajstić information content (AvgIpc) is 3.10. The maximum atomic E-state index is 13.6. The van der Waals surface area contributed by atoms with E-state index in [9.17, 15) is 14.0 Å². The Labute approximate surface area is 196 Å². The van der Waals surface area contributed by atoms with E-state index in [1.165, 1.54) is 24.3 Å². The van der Waals surface area contributed by atoms with Crippen LogP contribution in [0, 0.1) is 5.82 Å². The summed E-state index contributed by atoms with van der Waals surface area (Å²) < 4.78 is 19.1. The number of anilines is 2. The fraction of sp³-hybridized carbons (Fsp3) is 0.0714. The van der Waals surface area contributed by atoms with Gasteiger partial charge >= 0.3 is 0 Å². The van der Waals surface area contributed by atoms with Gasteiger partial charge in [0.15, 0.2) is 0 Å². The minimum Gasteiger partial charge on any atom is -0.494 e. The second-order valence-corrected chi connectivity index (χ2v) is 7.78. The minimum absolute atomic E-state index is 0.141. The highest BCUT2D eigenvalue weighted by Crippen LogP contribution is 2.35. The van der Waals surface area contributed by atoms with Crippen LogP contribution in [0.4, 0.5) is 15.8 Å². The lowest BCUT2D eigenvalue weighted by Gasteiger charge is -2.16. The van der Waals surface area contributed by atoms with E-state index < -0.39 is 17.6 Å². The third-order valence-electron chi connectivity index (χ3n) is 5.67. The minimum atomic E-state index is -0.485. The highest BCUT2D eigenvalue weighted by Gasteiger charge is 2.40. The summed E-state index contributed by atoms with van der Waals surface area (Å²) in [6.07, 6.45) is 0. The largest absolute Gasteiger partial charge is 0.494 e.